The van der Waals surface area contributed by atoms with Crippen LogP contribution in [0.3, 0.4) is 0 Å². The Morgan fingerprint density at radius 2 is 2.12 bits per heavy atom. The number of aryl methyl sites for hydroxylation is 1. The fraction of sp³-hybridized carbons (Fsp3) is 0.400. The van der Waals surface area contributed by atoms with Crippen molar-refractivity contribution in [2.45, 2.75) is 39.3 Å². The van der Waals surface area contributed by atoms with Crippen molar-refractivity contribution in [2.24, 2.45) is 0 Å². The Bertz CT molecular complexity index is 821. The molecule has 138 valence electrons. The van der Waals surface area contributed by atoms with Crippen LogP contribution in [0.15, 0.2) is 34.8 Å². The quantitative estimate of drug-likeness (QED) is 0.522. The molecule has 1 atom stereocenters. The van der Waals surface area contributed by atoms with Gasteiger partial charge in [-0.2, -0.15) is 0 Å². The molecule has 5 nitrogen and oxygen atoms in total. The highest BCUT2D eigenvalue weighted by Gasteiger charge is 2.21. The van der Waals surface area contributed by atoms with Crippen LogP contribution in [0.1, 0.15) is 44.9 Å². The van der Waals surface area contributed by atoms with E-state index >= 15 is 0 Å². The Morgan fingerprint density at radius 3 is 2.81 bits per heavy atom. The summed E-state index contributed by atoms with van der Waals surface area (Å²) < 4.78 is 13.8. The second-order valence-electron chi connectivity index (χ2n) is 6.54. The van der Waals surface area contributed by atoms with Crippen LogP contribution in [0.2, 0.25) is 0 Å². The first-order chi connectivity index (χ1) is 12.5. The number of ketones is 1. The topological polar surface area (TPSA) is 57.5 Å². The summed E-state index contributed by atoms with van der Waals surface area (Å²) in [6.07, 6.45) is 2.34. The van der Waals surface area contributed by atoms with Crippen molar-refractivity contribution in [3.05, 3.63) is 57.3 Å². The molecular weight excluding hydrogens is 398 g/mol. The molecule has 0 aliphatic carbocycles. The predicted octanol–water partition coefficient (Wildman–Crippen LogP) is 4.09. The first-order valence-corrected chi connectivity index (χ1v) is 9.49. The Kier molecular flexibility index (Phi) is 5.94. The average molecular weight is 420 g/mol. The summed E-state index contributed by atoms with van der Waals surface area (Å²) in [5, 5.41) is 0. The largest absolute Gasteiger partial charge is 0.454 e. The molecule has 0 spiro atoms. The van der Waals surface area contributed by atoms with E-state index in [0.29, 0.717) is 11.1 Å². The van der Waals surface area contributed by atoms with E-state index in [4.69, 9.17) is 9.47 Å². The molecule has 0 amide bonds. The van der Waals surface area contributed by atoms with Crippen LogP contribution in [0, 0.1) is 13.8 Å². The molecule has 1 aromatic heterocycles. The third-order valence-corrected chi connectivity index (χ3v) is 5.17. The van der Waals surface area contributed by atoms with Crippen LogP contribution in [-0.4, -0.2) is 35.6 Å². The van der Waals surface area contributed by atoms with Crippen LogP contribution < -0.4 is 0 Å². The van der Waals surface area contributed by atoms with Gasteiger partial charge in [-0.3, -0.25) is 4.79 Å². The highest BCUT2D eigenvalue weighted by molar-refractivity contribution is 9.10. The van der Waals surface area contributed by atoms with Gasteiger partial charge in [0.15, 0.2) is 6.61 Å². The van der Waals surface area contributed by atoms with Crippen molar-refractivity contribution in [3.8, 4) is 0 Å². The number of carbonyl (C=O) groups excluding carboxylic acids is 2. The van der Waals surface area contributed by atoms with Gasteiger partial charge in [-0.05, 0) is 51.0 Å². The lowest BCUT2D eigenvalue weighted by molar-refractivity contribution is 0.0474. The van der Waals surface area contributed by atoms with Gasteiger partial charge in [0.2, 0.25) is 5.78 Å². The number of rotatable bonds is 6. The average Bonchev–Trinajstić information content (AvgIpc) is 3.23. The second-order valence-corrected chi connectivity index (χ2v) is 7.46. The Balaban J connectivity index is 1.65. The summed E-state index contributed by atoms with van der Waals surface area (Å²) in [5.74, 6) is -0.701. The molecule has 2 heterocycles. The van der Waals surface area contributed by atoms with E-state index < -0.39 is 5.97 Å². The van der Waals surface area contributed by atoms with Crippen molar-refractivity contribution in [1.29, 1.82) is 0 Å². The standard InChI is InChI=1S/C20H22BrNO4/c1-13-9-18(14(2)22(13)11-17-7-4-8-25-17)19(23)12-26-20(24)15-5-3-6-16(21)10-15/h3,5-6,9-10,17H,4,7-8,11-12H2,1-2H3. The van der Waals surface area contributed by atoms with Gasteiger partial charge >= 0.3 is 5.97 Å². The van der Waals surface area contributed by atoms with Gasteiger partial charge in [-0.15, -0.1) is 0 Å². The van der Waals surface area contributed by atoms with Crippen molar-refractivity contribution in [1.82, 2.24) is 4.57 Å². The number of hydrogen-bond donors (Lipinski definition) is 0. The van der Waals surface area contributed by atoms with Crippen LogP contribution >= 0.6 is 15.9 Å². The number of esters is 1. The van der Waals surface area contributed by atoms with E-state index in [0.717, 1.165) is 41.9 Å². The maximum Gasteiger partial charge on any atom is 0.338 e. The molecule has 1 aliphatic rings. The van der Waals surface area contributed by atoms with Gasteiger partial charge in [0.05, 0.1) is 11.7 Å². The predicted molar refractivity (Wildman–Crippen MR) is 102 cm³/mol. The fourth-order valence-electron chi connectivity index (χ4n) is 3.26. The Morgan fingerprint density at radius 1 is 1.31 bits per heavy atom. The van der Waals surface area contributed by atoms with Crippen LogP contribution in [0.25, 0.3) is 0 Å². The Labute approximate surface area is 161 Å². The molecule has 1 aromatic carbocycles. The zero-order chi connectivity index (χ0) is 18.7. The first-order valence-electron chi connectivity index (χ1n) is 8.70. The summed E-state index contributed by atoms with van der Waals surface area (Å²) in [6.45, 7) is 5.19. The number of hydrogen-bond acceptors (Lipinski definition) is 4. The molecule has 2 aromatic rings. The molecule has 1 unspecified atom stereocenters. The van der Waals surface area contributed by atoms with E-state index in [9.17, 15) is 9.59 Å². The van der Waals surface area contributed by atoms with E-state index in [1.54, 1.807) is 18.2 Å². The van der Waals surface area contributed by atoms with E-state index in [2.05, 4.69) is 20.5 Å². The molecule has 0 radical (unpaired) electrons. The molecule has 0 saturated carbocycles. The molecule has 1 fully saturated rings. The SMILES string of the molecule is Cc1cc(C(=O)COC(=O)c2cccc(Br)c2)c(C)n1CC1CCCO1. The monoisotopic (exact) mass is 419 g/mol. The minimum absolute atomic E-state index is 0.194. The molecule has 26 heavy (non-hydrogen) atoms. The van der Waals surface area contributed by atoms with Crippen molar-refractivity contribution in [2.75, 3.05) is 13.2 Å². The second kappa shape index (κ2) is 8.18. The number of benzene rings is 1. The lowest BCUT2D eigenvalue weighted by Gasteiger charge is -2.14. The number of halogens is 1. The summed E-state index contributed by atoms with van der Waals surface area (Å²) >= 11 is 3.32. The lowest BCUT2D eigenvalue weighted by Crippen LogP contribution is -2.18. The summed E-state index contributed by atoms with van der Waals surface area (Å²) in [4.78, 5) is 24.6. The summed E-state index contributed by atoms with van der Waals surface area (Å²) in [7, 11) is 0. The number of Topliss-reactive ketones (excluding diaryl/α,β-unsaturated/α-hetero) is 1. The third kappa shape index (κ3) is 4.24. The number of aromatic nitrogens is 1. The van der Waals surface area contributed by atoms with E-state index in [1.807, 2.05) is 26.0 Å². The molecule has 6 heteroatoms. The smallest absolute Gasteiger partial charge is 0.338 e. The van der Waals surface area contributed by atoms with Crippen LogP contribution in [-0.2, 0) is 16.0 Å². The zero-order valence-electron chi connectivity index (χ0n) is 15.0. The zero-order valence-corrected chi connectivity index (χ0v) is 16.5. The molecule has 1 aliphatic heterocycles. The molecule has 0 N–H and O–H groups in total. The van der Waals surface area contributed by atoms with Crippen LogP contribution in [0.5, 0.6) is 0 Å². The molecular formula is C20H22BrNO4. The lowest BCUT2D eigenvalue weighted by atomic mass is 10.1. The highest BCUT2D eigenvalue weighted by atomic mass is 79.9. The molecule has 3 rings (SSSR count). The van der Waals surface area contributed by atoms with Crippen molar-refractivity contribution in [3.63, 3.8) is 0 Å². The van der Waals surface area contributed by atoms with Gasteiger partial charge in [0.1, 0.15) is 0 Å². The van der Waals surface area contributed by atoms with Gasteiger partial charge in [0.25, 0.3) is 0 Å². The van der Waals surface area contributed by atoms with Crippen LogP contribution in [0.4, 0.5) is 0 Å². The van der Waals surface area contributed by atoms with Gasteiger partial charge in [-0.25, -0.2) is 4.79 Å². The minimum Gasteiger partial charge on any atom is -0.454 e. The van der Waals surface area contributed by atoms with Gasteiger partial charge in [-0.1, -0.05) is 22.0 Å². The van der Waals surface area contributed by atoms with E-state index in [1.165, 1.54) is 0 Å². The fourth-order valence-corrected chi connectivity index (χ4v) is 3.66. The highest BCUT2D eigenvalue weighted by Crippen LogP contribution is 2.21. The molecule has 0 bridgehead atoms. The van der Waals surface area contributed by atoms with Crippen molar-refractivity contribution < 1.29 is 19.1 Å². The summed E-state index contributed by atoms with van der Waals surface area (Å²) in [6, 6.07) is 8.76. The Hall–Kier alpha value is -1.92. The molecule has 1 saturated heterocycles. The normalized spacial score (nSPS) is 16.7. The summed E-state index contributed by atoms with van der Waals surface area (Å²) in [5.41, 5.74) is 2.92. The third-order valence-electron chi connectivity index (χ3n) is 4.68. The van der Waals surface area contributed by atoms with Crippen molar-refractivity contribution >= 4 is 27.7 Å². The first kappa shape index (κ1) is 18.9. The minimum atomic E-state index is -0.507. The maximum atomic E-state index is 12.5. The van der Waals surface area contributed by atoms with E-state index in [-0.39, 0.29) is 18.5 Å². The van der Waals surface area contributed by atoms with Gasteiger partial charge < -0.3 is 14.0 Å². The number of nitrogens with zero attached hydrogens (tertiary/aromatic N) is 1. The number of ether oxygens (including phenoxy) is 2. The number of carbonyl (C=O) groups is 2. The maximum absolute atomic E-state index is 12.5. The van der Waals surface area contributed by atoms with Gasteiger partial charge in [0, 0.05) is 34.6 Å².